The van der Waals surface area contributed by atoms with Crippen LogP contribution in [0.25, 0.3) is 0 Å². The van der Waals surface area contributed by atoms with Crippen molar-refractivity contribution in [3.8, 4) is 0 Å². The molecule has 0 spiro atoms. The summed E-state index contributed by atoms with van der Waals surface area (Å²) in [5.41, 5.74) is 0. The van der Waals surface area contributed by atoms with Crippen molar-refractivity contribution in [2.75, 3.05) is 0 Å². The molecule has 0 unspecified atom stereocenters. The van der Waals surface area contributed by atoms with E-state index in [1.54, 1.807) is 6.92 Å². The van der Waals surface area contributed by atoms with E-state index < -0.39 is 20.3 Å². The van der Waals surface area contributed by atoms with Crippen LogP contribution in [0, 0.1) is 11.8 Å². The number of carbonyl (C=O) groups excluding carboxylic acids is 1. The average molecular weight is 383 g/mol. The largest absolute Gasteiger partial charge is 0.414 e. The SMILES string of the molecule is C[C@H]([C@H](O)[C@@H](C)C(=O)Sc1ccccc1)[C@H](C)O[Si](C)(C)C(C)(C)C. The Bertz CT molecular complexity index is 554. The van der Waals surface area contributed by atoms with Gasteiger partial charge in [-0.05, 0) is 37.2 Å². The normalized spacial score (nSPS) is 17.6. The molecule has 25 heavy (non-hydrogen) atoms. The fourth-order valence-corrected chi connectivity index (χ4v) is 4.67. The average Bonchev–Trinajstić information content (AvgIpc) is 2.52. The number of thioether (sulfide) groups is 1. The van der Waals surface area contributed by atoms with E-state index in [0.29, 0.717) is 0 Å². The van der Waals surface area contributed by atoms with Crippen LogP contribution in [0.1, 0.15) is 41.5 Å². The van der Waals surface area contributed by atoms with Crippen molar-refractivity contribution < 1.29 is 14.3 Å². The van der Waals surface area contributed by atoms with Gasteiger partial charge in [0.25, 0.3) is 0 Å². The molecular formula is C20H34O3SSi. The van der Waals surface area contributed by atoms with E-state index >= 15 is 0 Å². The van der Waals surface area contributed by atoms with Crippen LogP contribution in [0.3, 0.4) is 0 Å². The lowest BCUT2D eigenvalue weighted by atomic mass is 9.91. The molecule has 0 bridgehead atoms. The van der Waals surface area contributed by atoms with E-state index in [4.69, 9.17) is 4.43 Å². The van der Waals surface area contributed by atoms with Crippen molar-refractivity contribution in [3.63, 3.8) is 0 Å². The minimum absolute atomic E-state index is 0.00919. The van der Waals surface area contributed by atoms with Crippen molar-refractivity contribution in [1.29, 1.82) is 0 Å². The molecule has 0 amide bonds. The molecule has 0 aliphatic carbocycles. The van der Waals surface area contributed by atoms with Crippen molar-refractivity contribution in [2.45, 2.75) is 76.8 Å². The van der Waals surface area contributed by atoms with Crippen LogP contribution in [0.4, 0.5) is 0 Å². The zero-order valence-electron chi connectivity index (χ0n) is 16.9. The molecule has 0 aliphatic rings. The van der Waals surface area contributed by atoms with E-state index in [9.17, 15) is 9.90 Å². The Hall–Kier alpha value is -0.623. The molecule has 0 heterocycles. The summed E-state index contributed by atoms with van der Waals surface area (Å²) in [4.78, 5) is 13.4. The molecule has 0 aliphatic heterocycles. The molecule has 1 N–H and O–H groups in total. The maximum Gasteiger partial charge on any atom is 0.199 e. The molecule has 0 saturated heterocycles. The van der Waals surface area contributed by atoms with Crippen LogP contribution in [-0.4, -0.2) is 30.7 Å². The second kappa shape index (κ2) is 8.85. The van der Waals surface area contributed by atoms with Crippen LogP contribution in [0.5, 0.6) is 0 Å². The summed E-state index contributed by atoms with van der Waals surface area (Å²) < 4.78 is 6.39. The minimum atomic E-state index is -1.90. The van der Waals surface area contributed by atoms with Crippen molar-refractivity contribution >= 4 is 25.2 Å². The van der Waals surface area contributed by atoms with Gasteiger partial charge in [0, 0.05) is 16.9 Å². The number of aliphatic hydroxyl groups is 1. The molecule has 0 fully saturated rings. The van der Waals surface area contributed by atoms with Gasteiger partial charge < -0.3 is 9.53 Å². The van der Waals surface area contributed by atoms with Gasteiger partial charge in [-0.15, -0.1) is 0 Å². The summed E-state index contributed by atoms with van der Waals surface area (Å²) in [6, 6.07) is 9.57. The second-order valence-corrected chi connectivity index (χ2v) is 14.3. The molecule has 1 rings (SSSR count). The van der Waals surface area contributed by atoms with E-state index in [2.05, 4.69) is 33.9 Å². The monoisotopic (exact) mass is 382 g/mol. The second-order valence-electron chi connectivity index (χ2n) is 8.46. The molecule has 142 valence electrons. The third-order valence-corrected chi connectivity index (χ3v) is 11.1. The first-order valence-corrected chi connectivity index (χ1v) is 12.7. The molecule has 3 nitrogen and oxygen atoms in total. The minimum Gasteiger partial charge on any atom is -0.414 e. The Balaban J connectivity index is 2.70. The number of rotatable bonds is 7. The van der Waals surface area contributed by atoms with E-state index in [-0.39, 0.29) is 22.2 Å². The first-order valence-electron chi connectivity index (χ1n) is 8.99. The lowest BCUT2D eigenvalue weighted by molar-refractivity contribution is -0.119. The molecule has 1 aromatic carbocycles. The van der Waals surface area contributed by atoms with Gasteiger partial charge >= 0.3 is 0 Å². The number of hydrogen-bond donors (Lipinski definition) is 1. The summed E-state index contributed by atoms with van der Waals surface area (Å²) >= 11 is 1.20. The Labute approximate surface area is 158 Å². The molecule has 1 aromatic rings. The van der Waals surface area contributed by atoms with Crippen molar-refractivity contribution in [2.24, 2.45) is 11.8 Å². The fourth-order valence-electron chi connectivity index (χ4n) is 2.32. The van der Waals surface area contributed by atoms with Gasteiger partial charge in [-0.2, -0.15) is 0 Å². The number of benzene rings is 1. The maximum atomic E-state index is 12.5. The van der Waals surface area contributed by atoms with Crippen LogP contribution in [0.2, 0.25) is 18.1 Å². The highest BCUT2D eigenvalue weighted by molar-refractivity contribution is 8.13. The highest BCUT2D eigenvalue weighted by Gasteiger charge is 2.40. The standard InChI is InChI=1S/C20H34O3SSi/c1-14(16(3)23-25(7,8)20(4,5)6)18(21)15(2)19(22)24-17-12-10-9-11-13-17/h9-16,18,21H,1-8H3/t14-,15+,16-,18-/m0/s1. The molecule has 0 saturated carbocycles. The molecular weight excluding hydrogens is 348 g/mol. The van der Waals surface area contributed by atoms with Crippen LogP contribution < -0.4 is 0 Å². The van der Waals surface area contributed by atoms with Gasteiger partial charge in [0.15, 0.2) is 13.4 Å². The zero-order chi connectivity index (χ0) is 19.4. The van der Waals surface area contributed by atoms with Crippen molar-refractivity contribution in [3.05, 3.63) is 30.3 Å². The van der Waals surface area contributed by atoms with E-state index in [1.807, 2.05) is 44.2 Å². The highest BCUT2D eigenvalue weighted by atomic mass is 32.2. The molecule has 0 aromatic heterocycles. The first kappa shape index (κ1) is 22.4. The lowest BCUT2D eigenvalue weighted by Crippen LogP contribution is -2.47. The fraction of sp³-hybridized carbons (Fsp3) is 0.650. The van der Waals surface area contributed by atoms with Gasteiger partial charge in [0.2, 0.25) is 0 Å². The zero-order valence-corrected chi connectivity index (χ0v) is 18.7. The maximum absolute atomic E-state index is 12.5. The predicted molar refractivity (Wildman–Crippen MR) is 109 cm³/mol. The van der Waals surface area contributed by atoms with Gasteiger partial charge in [0.1, 0.15) is 0 Å². The molecule has 0 radical (unpaired) electrons. The Morgan fingerprint density at radius 1 is 1.12 bits per heavy atom. The Morgan fingerprint density at radius 2 is 1.64 bits per heavy atom. The van der Waals surface area contributed by atoms with Crippen LogP contribution in [0.15, 0.2) is 35.2 Å². The Kier molecular flexibility index (Phi) is 7.93. The highest BCUT2D eigenvalue weighted by Crippen LogP contribution is 2.38. The van der Waals surface area contributed by atoms with Crippen LogP contribution >= 0.6 is 11.8 Å². The quantitative estimate of drug-likeness (QED) is 0.510. The topological polar surface area (TPSA) is 46.5 Å². The summed E-state index contributed by atoms with van der Waals surface area (Å²) in [5, 5.41) is 10.8. The third-order valence-electron chi connectivity index (χ3n) is 5.41. The van der Waals surface area contributed by atoms with E-state index in [1.165, 1.54) is 11.8 Å². The number of aliphatic hydroxyl groups excluding tert-OH is 1. The summed E-state index contributed by atoms with van der Waals surface area (Å²) in [7, 11) is -1.90. The lowest BCUT2D eigenvalue weighted by Gasteiger charge is -2.41. The third kappa shape index (κ3) is 6.24. The predicted octanol–water partition coefficient (Wildman–Crippen LogP) is 5.35. The summed E-state index contributed by atoms with van der Waals surface area (Å²) in [6.45, 7) is 16.8. The van der Waals surface area contributed by atoms with Gasteiger partial charge in [-0.3, -0.25) is 4.79 Å². The van der Waals surface area contributed by atoms with Gasteiger partial charge in [-0.25, -0.2) is 0 Å². The molecule has 4 atom stereocenters. The Morgan fingerprint density at radius 3 is 2.12 bits per heavy atom. The summed E-state index contributed by atoms with van der Waals surface area (Å²) in [5.74, 6) is -0.546. The van der Waals surface area contributed by atoms with Gasteiger partial charge in [0.05, 0.1) is 12.0 Å². The van der Waals surface area contributed by atoms with E-state index in [0.717, 1.165) is 4.90 Å². The van der Waals surface area contributed by atoms with Crippen molar-refractivity contribution in [1.82, 2.24) is 0 Å². The van der Waals surface area contributed by atoms with Gasteiger partial charge in [-0.1, -0.05) is 64.6 Å². The number of carbonyl (C=O) groups is 1. The smallest absolute Gasteiger partial charge is 0.199 e. The first-order chi connectivity index (χ1) is 11.4. The number of hydrogen-bond acceptors (Lipinski definition) is 4. The summed E-state index contributed by atoms with van der Waals surface area (Å²) in [6.07, 6.45) is -0.809. The van der Waals surface area contributed by atoms with Crippen LogP contribution in [-0.2, 0) is 9.22 Å². The molecule has 5 heteroatoms.